The molecule has 0 aliphatic heterocycles. The van der Waals surface area contributed by atoms with Crippen molar-refractivity contribution in [2.24, 2.45) is 11.3 Å². The Bertz CT molecular complexity index is 389. The molecule has 0 saturated heterocycles. The highest BCUT2D eigenvalue weighted by atomic mass is 16.5. The molecular weight excluding hydrogens is 242 g/mol. The number of hydrogen-bond acceptors (Lipinski definition) is 6. The van der Waals surface area contributed by atoms with E-state index in [2.05, 4.69) is 41.5 Å². The van der Waals surface area contributed by atoms with E-state index in [0.29, 0.717) is 30.3 Å². The number of aromatic nitrogens is 2. The summed E-state index contributed by atoms with van der Waals surface area (Å²) in [7, 11) is 0. The van der Waals surface area contributed by atoms with Crippen molar-refractivity contribution in [3.8, 4) is 0 Å². The summed E-state index contributed by atoms with van der Waals surface area (Å²) in [4.78, 5) is 8.63. The average molecular weight is 267 g/mol. The van der Waals surface area contributed by atoms with Crippen LogP contribution in [-0.4, -0.2) is 23.1 Å². The first-order valence-corrected chi connectivity index (χ1v) is 6.61. The Hall–Kier alpha value is -1.40. The van der Waals surface area contributed by atoms with Gasteiger partial charge in [-0.1, -0.05) is 20.8 Å². The van der Waals surface area contributed by atoms with E-state index in [4.69, 9.17) is 10.6 Å². The van der Waals surface area contributed by atoms with Gasteiger partial charge in [-0.3, -0.25) is 0 Å². The number of nitrogen functional groups attached to an aromatic ring is 1. The number of nitrogens with one attached hydrogen (secondary N) is 2. The van der Waals surface area contributed by atoms with Crippen molar-refractivity contribution in [1.29, 1.82) is 0 Å². The quantitative estimate of drug-likeness (QED) is 0.518. The highest BCUT2D eigenvalue weighted by Crippen LogP contribution is 2.18. The molecule has 0 fully saturated rings. The number of hydrogen-bond donors (Lipinski definition) is 3. The van der Waals surface area contributed by atoms with Crippen LogP contribution in [0, 0.1) is 5.41 Å². The van der Waals surface area contributed by atoms with Gasteiger partial charge in [0.25, 0.3) is 0 Å². The second-order valence-corrected chi connectivity index (χ2v) is 5.57. The van der Waals surface area contributed by atoms with Crippen LogP contribution < -0.4 is 16.6 Å². The summed E-state index contributed by atoms with van der Waals surface area (Å²) < 4.78 is 5.31. The Balaban J connectivity index is 2.65. The van der Waals surface area contributed by atoms with E-state index in [1.54, 1.807) is 6.07 Å². The summed E-state index contributed by atoms with van der Waals surface area (Å²) in [6.45, 7) is 10.5. The van der Waals surface area contributed by atoms with E-state index < -0.39 is 0 Å². The fourth-order valence-corrected chi connectivity index (χ4v) is 1.49. The molecule has 0 amide bonds. The fourth-order valence-electron chi connectivity index (χ4n) is 1.49. The number of anilines is 2. The Labute approximate surface area is 115 Å². The topological polar surface area (TPSA) is 85.1 Å². The second kappa shape index (κ2) is 7.25. The molecule has 1 aromatic rings. The molecule has 0 aliphatic carbocycles. The minimum Gasteiger partial charge on any atom is -0.374 e. The van der Waals surface area contributed by atoms with Crippen LogP contribution in [0.15, 0.2) is 6.07 Å². The van der Waals surface area contributed by atoms with E-state index in [0.717, 1.165) is 18.8 Å². The first-order chi connectivity index (χ1) is 8.94. The lowest BCUT2D eigenvalue weighted by molar-refractivity contribution is 0.128. The van der Waals surface area contributed by atoms with E-state index in [1.165, 1.54) is 0 Å². The Morgan fingerprint density at radius 3 is 2.53 bits per heavy atom. The van der Waals surface area contributed by atoms with Crippen LogP contribution in [0.2, 0.25) is 0 Å². The van der Waals surface area contributed by atoms with Crippen LogP contribution in [0.1, 0.15) is 39.9 Å². The Morgan fingerprint density at radius 1 is 1.26 bits per heavy atom. The zero-order valence-electron chi connectivity index (χ0n) is 12.3. The molecule has 19 heavy (non-hydrogen) atoms. The number of ether oxygens (including phenoxy) is 1. The SMILES string of the molecule is CCOCc1nc(NN)cc(NCCC(C)(C)C)n1. The van der Waals surface area contributed by atoms with Crippen molar-refractivity contribution in [3.05, 3.63) is 11.9 Å². The molecule has 1 aromatic heterocycles. The molecular formula is C13H25N5O. The monoisotopic (exact) mass is 267 g/mol. The molecule has 1 rings (SSSR count). The van der Waals surface area contributed by atoms with Crippen LogP contribution in [-0.2, 0) is 11.3 Å². The molecule has 6 nitrogen and oxygen atoms in total. The molecule has 108 valence electrons. The minimum absolute atomic E-state index is 0.295. The molecule has 0 aromatic carbocycles. The predicted octanol–water partition coefficient (Wildman–Crippen LogP) is 2.15. The third-order valence-corrected chi connectivity index (χ3v) is 2.54. The van der Waals surface area contributed by atoms with Gasteiger partial charge in [-0.15, -0.1) is 0 Å². The Morgan fingerprint density at radius 2 is 1.95 bits per heavy atom. The lowest BCUT2D eigenvalue weighted by Crippen LogP contribution is -2.16. The summed E-state index contributed by atoms with van der Waals surface area (Å²) in [5.74, 6) is 7.38. The fraction of sp³-hybridized carbons (Fsp3) is 0.692. The number of hydrazine groups is 1. The van der Waals surface area contributed by atoms with Gasteiger partial charge in [-0.05, 0) is 18.8 Å². The van der Waals surface area contributed by atoms with Gasteiger partial charge in [0.1, 0.15) is 18.2 Å². The standard InChI is InChI=1S/C13H25N5O/c1-5-19-9-12-16-10(8-11(17-12)18-14)15-7-6-13(2,3)4/h8H,5-7,9,14H2,1-4H3,(H2,15,16,17,18). The summed E-state index contributed by atoms with van der Waals surface area (Å²) in [6.07, 6.45) is 1.06. The van der Waals surface area contributed by atoms with Crippen LogP contribution in [0.25, 0.3) is 0 Å². The highest BCUT2D eigenvalue weighted by Gasteiger charge is 2.10. The Kier molecular flexibility index (Phi) is 5.98. The largest absolute Gasteiger partial charge is 0.374 e. The van der Waals surface area contributed by atoms with E-state index in [-0.39, 0.29) is 0 Å². The molecule has 0 saturated carbocycles. The van der Waals surface area contributed by atoms with Gasteiger partial charge in [0, 0.05) is 19.2 Å². The smallest absolute Gasteiger partial charge is 0.158 e. The van der Waals surface area contributed by atoms with Gasteiger partial charge >= 0.3 is 0 Å². The van der Waals surface area contributed by atoms with Gasteiger partial charge in [0.2, 0.25) is 0 Å². The maximum Gasteiger partial charge on any atom is 0.158 e. The summed E-state index contributed by atoms with van der Waals surface area (Å²) >= 11 is 0. The van der Waals surface area contributed by atoms with Crippen molar-refractivity contribution in [2.45, 2.75) is 40.7 Å². The molecule has 0 aliphatic rings. The zero-order valence-corrected chi connectivity index (χ0v) is 12.3. The van der Waals surface area contributed by atoms with Crippen molar-refractivity contribution in [2.75, 3.05) is 23.9 Å². The van der Waals surface area contributed by atoms with Crippen LogP contribution in [0.4, 0.5) is 11.6 Å². The molecule has 0 spiro atoms. The van der Waals surface area contributed by atoms with Gasteiger partial charge in [-0.25, -0.2) is 15.8 Å². The normalized spacial score (nSPS) is 11.4. The third-order valence-electron chi connectivity index (χ3n) is 2.54. The molecule has 4 N–H and O–H groups in total. The van der Waals surface area contributed by atoms with E-state index in [1.807, 2.05) is 6.92 Å². The highest BCUT2D eigenvalue weighted by molar-refractivity contribution is 5.46. The maximum atomic E-state index is 5.41. The van der Waals surface area contributed by atoms with Crippen molar-refractivity contribution >= 4 is 11.6 Å². The van der Waals surface area contributed by atoms with Crippen LogP contribution in [0.5, 0.6) is 0 Å². The first-order valence-electron chi connectivity index (χ1n) is 6.61. The number of nitrogens with two attached hydrogens (primary N) is 1. The second-order valence-electron chi connectivity index (χ2n) is 5.57. The van der Waals surface area contributed by atoms with Crippen molar-refractivity contribution in [1.82, 2.24) is 9.97 Å². The lowest BCUT2D eigenvalue weighted by atomic mass is 9.92. The summed E-state index contributed by atoms with van der Waals surface area (Å²) in [5, 5.41) is 3.29. The van der Waals surface area contributed by atoms with Crippen molar-refractivity contribution < 1.29 is 4.74 Å². The van der Waals surface area contributed by atoms with Crippen LogP contribution >= 0.6 is 0 Å². The maximum absolute atomic E-state index is 5.41. The summed E-state index contributed by atoms with van der Waals surface area (Å²) in [5.41, 5.74) is 2.84. The van der Waals surface area contributed by atoms with Gasteiger partial charge < -0.3 is 15.5 Å². The van der Waals surface area contributed by atoms with E-state index in [9.17, 15) is 0 Å². The molecule has 0 unspecified atom stereocenters. The van der Waals surface area contributed by atoms with Crippen molar-refractivity contribution in [3.63, 3.8) is 0 Å². The zero-order chi connectivity index (χ0) is 14.3. The van der Waals surface area contributed by atoms with E-state index >= 15 is 0 Å². The van der Waals surface area contributed by atoms with Gasteiger partial charge in [0.05, 0.1) is 0 Å². The molecule has 0 radical (unpaired) electrons. The van der Waals surface area contributed by atoms with Gasteiger partial charge in [-0.2, -0.15) is 0 Å². The average Bonchev–Trinajstić information content (AvgIpc) is 2.34. The van der Waals surface area contributed by atoms with Crippen LogP contribution in [0.3, 0.4) is 0 Å². The molecule has 0 atom stereocenters. The molecule has 0 bridgehead atoms. The van der Waals surface area contributed by atoms with Gasteiger partial charge in [0.15, 0.2) is 5.82 Å². The lowest BCUT2D eigenvalue weighted by Gasteiger charge is -2.18. The number of rotatable bonds is 7. The minimum atomic E-state index is 0.295. The molecule has 6 heteroatoms. The predicted molar refractivity (Wildman–Crippen MR) is 77.7 cm³/mol. The first kappa shape index (κ1) is 15.7. The summed E-state index contributed by atoms with van der Waals surface area (Å²) in [6, 6.07) is 1.79. The number of nitrogens with zero attached hydrogens (tertiary/aromatic N) is 2. The molecule has 1 heterocycles. The third kappa shape index (κ3) is 6.35.